The highest BCUT2D eigenvalue weighted by Crippen LogP contribution is 2.40. The first kappa shape index (κ1) is 23.7. The standard InChI is InChI=1S/C30H42N6O/c1-21(2)24-7-3-4-8-27(24)34-16-11-25-26(19-34)32-29(37-20-30-12-5-14-36(30)15-6-13-30)33-28(25)35-17-22-9-10-23(18-35)31-22/h3-4,7-8,21-23,31H,5-6,9-20H2,1-2H3. The Morgan fingerprint density at radius 1 is 1.00 bits per heavy atom. The molecule has 7 nitrogen and oxygen atoms in total. The van der Waals surface area contributed by atoms with Crippen LogP contribution in [0.1, 0.15) is 75.1 Å². The zero-order chi connectivity index (χ0) is 25.0. The van der Waals surface area contributed by atoms with Gasteiger partial charge in [0.15, 0.2) is 0 Å². The molecule has 0 radical (unpaired) electrons. The third-order valence-corrected chi connectivity index (χ3v) is 9.72. The number of ether oxygens (including phenoxy) is 1. The molecule has 5 aliphatic heterocycles. The number of benzene rings is 1. The van der Waals surface area contributed by atoms with Gasteiger partial charge in [0.05, 0.1) is 17.8 Å². The van der Waals surface area contributed by atoms with E-state index in [1.165, 1.54) is 68.4 Å². The van der Waals surface area contributed by atoms with Crippen molar-refractivity contribution < 1.29 is 4.74 Å². The summed E-state index contributed by atoms with van der Waals surface area (Å²) in [4.78, 5) is 18.0. The van der Waals surface area contributed by atoms with Gasteiger partial charge in [-0.1, -0.05) is 32.0 Å². The molecular weight excluding hydrogens is 460 g/mol. The van der Waals surface area contributed by atoms with Crippen LogP contribution in [0, 0.1) is 0 Å². The van der Waals surface area contributed by atoms with Crippen molar-refractivity contribution in [3.05, 3.63) is 41.1 Å². The Kier molecular flexibility index (Phi) is 6.04. The molecule has 7 heteroatoms. The van der Waals surface area contributed by atoms with Gasteiger partial charge in [0.2, 0.25) is 0 Å². The SMILES string of the molecule is CC(C)c1ccccc1N1CCc2c(nc(OCC34CCCN3CCC4)nc2N2CC3CCC(C2)N3)C1. The fraction of sp³-hybridized carbons (Fsp3) is 0.667. The summed E-state index contributed by atoms with van der Waals surface area (Å²) in [6.45, 7) is 11.6. The van der Waals surface area contributed by atoms with Gasteiger partial charge in [-0.25, -0.2) is 0 Å². The Hall–Kier alpha value is -2.38. The van der Waals surface area contributed by atoms with Crippen molar-refractivity contribution in [1.29, 1.82) is 0 Å². The van der Waals surface area contributed by atoms with Crippen LogP contribution in [0.25, 0.3) is 0 Å². The van der Waals surface area contributed by atoms with E-state index in [9.17, 15) is 0 Å². The molecule has 6 heterocycles. The molecule has 7 rings (SSSR count). The van der Waals surface area contributed by atoms with E-state index in [-0.39, 0.29) is 5.54 Å². The number of para-hydroxylation sites is 1. The number of hydrogen-bond donors (Lipinski definition) is 1. The van der Waals surface area contributed by atoms with E-state index < -0.39 is 0 Å². The average molecular weight is 503 g/mol. The van der Waals surface area contributed by atoms with E-state index in [0.717, 1.165) is 50.7 Å². The van der Waals surface area contributed by atoms with E-state index in [1.54, 1.807) is 0 Å². The van der Waals surface area contributed by atoms with Crippen LogP contribution >= 0.6 is 0 Å². The molecule has 0 amide bonds. The third kappa shape index (κ3) is 4.28. The molecule has 1 aromatic carbocycles. The smallest absolute Gasteiger partial charge is 0.318 e. The van der Waals surface area contributed by atoms with Crippen molar-refractivity contribution in [2.24, 2.45) is 0 Å². The van der Waals surface area contributed by atoms with Crippen LogP contribution in [0.2, 0.25) is 0 Å². The van der Waals surface area contributed by atoms with Crippen LogP contribution in [0.5, 0.6) is 6.01 Å². The normalized spacial score (nSPS) is 26.6. The van der Waals surface area contributed by atoms with Crippen LogP contribution in [0.4, 0.5) is 11.5 Å². The predicted molar refractivity (Wildman–Crippen MR) is 148 cm³/mol. The summed E-state index contributed by atoms with van der Waals surface area (Å²) in [5, 5.41) is 3.79. The number of nitrogens with zero attached hydrogens (tertiary/aromatic N) is 5. The fourth-order valence-electron chi connectivity index (χ4n) is 7.81. The Balaban J connectivity index is 1.21. The molecule has 2 atom stereocenters. The summed E-state index contributed by atoms with van der Waals surface area (Å²) >= 11 is 0. The van der Waals surface area contributed by atoms with Gasteiger partial charge in [-0.2, -0.15) is 9.97 Å². The van der Waals surface area contributed by atoms with Crippen molar-refractivity contribution in [3.63, 3.8) is 0 Å². The monoisotopic (exact) mass is 502 g/mol. The second kappa shape index (κ2) is 9.42. The van der Waals surface area contributed by atoms with E-state index in [2.05, 4.69) is 58.1 Å². The summed E-state index contributed by atoms with van der Waals surface area (Å²) in [6, 6.07) is 10.6. The first-order chi connectivity index (χ1) is 18.1. The molecule has 1 N–H and O–H groups in total. The van der Waals surface area contributed by atoms with Crippen molar-refractivity contribution in [2.75, 3.05) is 49.1 Å². The minimum atomic E-state index is 0.204. The Bertz CT molecular complexity index is 1130. The van der Waals surface area contributed by atoms with Gasteiger partial charge in [-0.05, 0) is 75.6 Å². The molecule has 1 aromatic heterocycles. The van der Waals surface area contributed by atoms with Crippen LogP contribution in [-0.4, -0.2) is 71.8 Å². The summed E-state index contributed by atoms with van der Waals surface area (Å²) in [5.74, 6) is 1.64. The molecule has 2 bridgehead atoms. The molecule has 5 aliphatic rings. The molecule has 198 valence electrons. The van der Waals surface area contributed by atoms with E-state index in [1.807, 2.05) is 0 Å². The van der Waals surface area contributed by atoms with Gasteiger partial charge in [0, 0.05) is 43.0 Å². The second-order valence-corrected chi connectivity index (χ2v) is 12.4. The van der Waals surface area contributed by atoms with Crippen LogP contribution in [-0.2, 0) is 13.0 Å². The van der Waals surface area contributed by atoms with Gasteiger partial charge < -0.3 is 19.9 Å². The highest BCUT2D eigenvalue weighted by atomic mass is 16.5. The maximum Gasteiger partial charge on any atom is 0.318 e. The van der Waals surface area contributed by atoms with Crippen molar-refractivity contribution in [3.8, 4) is 6.01 Å². The fourth-order valence-corrected chi connectivity index (χ4v) is 7.81. The summed E-state index contributed by atoms with van der Waals surface area (Å²) in [6.07, 6.45) is 8.58. The molecule has 4 saturated heterocycles. The van der Waals surface area contributed by atoms with Gasteiger partial charge >= 0.3 is 6.01 Å². The summed E-state index contributed by atoms with van der Waals surface area (Å²) in [7, 11) is 0. The molecule has 37 heavy (non-hydrogen) atoms. The van der Waals surface area contributed by atoms with Crippen LogP contribution in [0.15, 0.2) is 24.3 Å². The topological polar surface area (TPSA) is 56.8 Å². The van der Waals surface area contributed by atoms with E-state index in [4.69, 9.17) is 14.7 Å². The third-order valence-electron chi connectivity index (χ3n) is 9.72. The number of hydrogen-bond acceptors (Lipinski definition) is 7. The Morgan fingerprint density at radius 2 is 1.76 bits per heavy atom. The highest BCUT2D eigenvalue weighted by Gasteiger charge is 2.45. The molecule has 2 aromatic rings. The van der Waals surface area contributed by atoms with Gasteiger partial charge in [0.1, 0.15) is 12.4 Å². The zero-order valence-electron chi connectivity index (χ0n) is 22.6. The quantitative estimate of drug-likeness (QED) is 0.638. The van der Waals surface area contributed by atoms with E-state index in [0.29, 0.717) is 24.0 Å². The number of piperazine rings is 1. The zero-order valence-corrected chi connectivity index (χ0v) is 22.6. The predicted octanol–water partition coefficient (Wildman–Crippen LogP) is 4.11. The lowest BCUT2D eigenvalue weighted by Gasteiger charge is -2.38. The lowest BCUT2D eigenvalue weighted by Crippen LogP contribution is -2.52. The maximum absolute atomic E-state index is 6.54. The molecule has 2 unspecified atom stereocenters. The minimum Gasteiger partial charge on any atom is -0.461 e. The minimum absolute atomic E-state index is 0.204. The average Bonchev–Trinajstić information content (AvgIpc) is 3.60. The van der Waals surface area contributed by atoms with Crippen molar-refractivity contribution in [1.82, 2.24) is 20.2 Å². The number of fused-ring (bicyclic) bond motifs is 4. The Labute approximate surface area is 221 Å². The van der Waals surface area contributed by atoms with Crippen molar-refractivity contribution >= 4 is 11.5 Å². The molecular formula is C30H42N6O. The number of aromatic nitrogens is 2. The second-order valence-electron chi connectivity index (χ2n) is 12.4. The lowest BCUT2D eigenvalue weighted by atomic mass is 9.95. The first-order valence-electron chi connectivity index (χ1n) is 14.7. The summed E-state index contributed by atoms with van der Waals surface area (Å²) in [5.41, 5.74) is 5.46. The van der Waals surface area contributed by atoms with Crippen LogP contribution in [0.3, 0.4) is 0 Å². The number of anilines is 2. The molecule has 4 fully saturated rings. The Morgan fingerprint density at radius 3 is 2.51 bits per heavy atom. The number of rotatable bonds is 6. The van der Waals surface area contributed by atoms with Gasteiger partial charge in [-0.15, -0.1) is 0 Å². The molecule has 0 spiro atoms. The van der Waals surface area contributed by atoms with Gasteiger partial charge in [-0.3, -0.25) is 4.90 Å². The number of nitrogens with one attached hydrogen (secondary N) is 1. The van der Waals surface area contributed by atoms with Gasteiger partial charge in [0.25, 0.3) is 0 Å². The lowest BCUT2D eigenvalue weighted by molar-refractivity contribution is 0.107. The van der Waals surface area contributed by atoms with Crippen LogP contribution < -0.4 is 19.9 Å². The van der Waals surface area contributed by atoms with Crippen molar-refractivity contribution in [2.45, 2.75) is 88.9 Å². The largest absolute Gasteiger partial charge is 0.461 e. The maximum atomic E-state index is 6.54. The highest BCUT2D eigenvalue weighted by molar-refractivity contribution is 5.59. The van der Waals surface area contributed by atoms with E-state index >= 15 is 0 Å². The first-order valence-corrected chi connectivity index (χ1v) is 14.7. The summed E-state index contributed by atoms with van der Waals surface area (Å²) < 4.78 is 6.54. The molecule has 0 saturated carbocycles. The molecule has 0 aliphatic carbocycles.